The highest BCUT2D eigenvalue weighted by atomic mass is 16.2. The third-order valence-electron chi connectivity index (χ3n) is 5.46. The summed E-state index contributed by atoms with van der Waals surface area (Å²) in [4.78, 5) is 24.9. The number of hydrogen-bond donors (Lipinski definition) is 1. The maximum atomic E-state index is 12.3. The standard InChI is InChI=1S/C21H32N6O/c1-16(28)27(13-17-10-22-15-23-11-17)19-6-5-8-26(9-7-19)14-18-12-24-25-20(18)21(2,3)4/h10-12,15,19H,5-9,13-14H2,1-4H3,(H,24,25)/t19-/m0/s1. The van der Waals surface area contributed by atoms with Crippen molar-refractivity contribution in [2.45, 2.75) is 71.5 Å². The van der Waals surface area contributed by atoms with Gasteiger partial charge in [-0.25, -0.2) is 9.97 Å². The molecule has 2 aromatic heterocycles. The Morgan fingerprint density at radius 2 is 1.96 bits per heavy atom. The van der Waals surface area contributed by atoms with Gasteiger partial charge >= 0.3 is 0 Å². The lowest BCUT2D eigenvalue weighted by Gasteiger charge is -2.30. The normalized spacial score (nSPS) is 18.6. The first-order valence-corrected chi connectivity index (χ1v) is 10.1. The van der Waals surface area contributed by atoms with Crippen LogP contribution in [0.15, 0.2) is 24.9 Å². The Morgan fingerprint density at radius 1 is 1.21 bits per heavy atom. The van der Waals surface area contributed by atoms with Gasteiger partial charge in [-0.2, -0.15) is 5.10 Å². The number of amides is 1. The molecule has 1 atom stereocenters. The minimum atomic E-state index is 0.0589. The zero-order valence-electron chi connectivity index (χ0n) is 17.5. The summed E-state index contributed by atoms with van der Waals surface area (Å²) in [5.41, 5.74) is 3.52. The summed E-state index contributed by atoms with van der Waals surface area (Å²) in [5.74, 6) is 0.118. The molecule has 0 aromatic carbocycles. The number of rotatable bonds is 5. The van der Waals surface area contributed by atoms with Crippen molar-refractivity contribution in [3.05, 3.63) is 41.7 Å². The maximum absolute atomic E-state index is 12.3. The molecule has 7 nitrogen and oxygen atoms in total. The third-order valence-corrected chi connectivity index (χ3v) is 5.46. The molecule has 0 bridgehead atoms. The predicted molar refractivity (Wildman–Crippen MR) is 108 cm³/mol. The quantitative estimate of drug-likeness (QED) is 0.858. The van der Waals surface area contributed by atoms with Crippen LogP contribution in [0.4, 0.5) is 0 Å². The third kappa shape index (κ3) is 5.16. The predicted octanol–water partition coefficient (Wildman–Crippen LogP) is 2.90. The van der Waals surface area contributed by atoms with Gasteiger partial charge in [0.05, 0.1) is 6.20 Å². The number of nitrogens with zero attached hydrogens (tertiary/aromatic N) is 5. The molecule has 1 N–H and O–H groups in total. The largest absolute Gasteiger partial charge is 0.335 e. The van der Waals surface area contributed by atoms with E-state index in [1.165, 1.54) is 17.6 Å². The van der Waals surface area contributed by atoms with Crippen LogP contribution in [0.25, 0.3) is 0 Å². The summed E-state index contributed by atoms with van der Waals surface area (Å²) in [5, 5.41) is 7.45. The molecule has 1 aliphatic heterocycles. The SMILES string of the molecule is CC(=O)N(Cc1cncnc1)[C@H]1CCCN(Cc2cn[nH]c2C(C)(C)C)CC1. The van der Waals surface area contributed by atoms with E-state index in [0.29, 0.717) is 6.54 Å². The topological polar surface area (TPSA) is 78.0 Å². The molecule has 3 heterocycles. The average Bonchev–Trinajstić information content (AvgIpc) is 3.00. The first kappa shape index (κ1) is 20.5. The fourth-order valence-electron chi connectivity index (χ4n) is 4.04. The minimum Gasteiger partial charge on any atom is -0.335 e. The van der Waals surface area contributed by atoms with Crippen LogP contribution in [0.2, 0.25) is 0 Å². The Bertz CT molecular complexity index is 767. The second-order valence-electron chi connectivity index (χ2n) is 8.77. The molecule has 1 amide bonds. The number of hydrogen-bond acceptors (Lipinski definition) is 5. The Balaban J connectivity index is 1.64. The van der Waals surface area contributed by atoms with Gasteiger partial charge in [0.2, 0.25) is 5.91 Å². The Hall–Kier alpha value is -2.28. The van der Waals surface area contributed by atoms with E-state index in [2.05, 4.69) is 45.8 Å². The zero-order valence-corrected chi connectivity index (χ0v) is 17.5. The highest BCUT2D eigenvalue weighted by Crippen LogP contribution is 2.26. The molecule has 152 valence electrons. The first-order valence-electron chi connectivity index (χ1n) is 10.1. The van der Waals surface area contributed by atoms with Gasteiger partial charge in [-0.1, -0.05) is 20.8 Å². The first-order chi connectivity index (χ1) is 13.3. The Kier molecular flexibility index (Phi) is 6.44. The van der Waals surface area contributed by atoms with E-state index in [4.69, 9.17) is 0 Å². The van der Waals surface area contributed by atoms with Crippen molar-refractivity contribution in [1.29, 1.82) is 0 Å². The summed E-state index contributed by atoms with van der Waals surface area (Å²) in [6, 6.07) is 0.258. The van der Waals surface area contributed by atoms with Crippen molar-refractivity contribution in [2.75, 3.05) is 13.1 Å². The molecule has 1 aliphatic rings. The van der Waals surface area contributed by atoms with Gasteiger partial charge in [0.25, 0.3) is 0 Å². The lowest BCUT2D eigenvalue weighted by atomic mass is 9.89. The van der Waals surface area contributed by atoms with Gasteiger partial charge in [-0.3, -0.25) is 14.8 Å². The summed E-state index contributed by atoms with van der Waals surface area (Å²) in [7, 11) is 0. The van der Waals surface area contributed by atoms with Gasteiger partial charge in [0.1, 0.15) is 6.33 Å². The number of carbonyl (C=O) groups is 1. The smallest absolute Gasteiger partial charge is 0.219 e. The monoisotopic (exact) mass is 384 g/mol. The van der Waals surface area contributed by atoms with E-state index in [1.807, 2.05) is 11.1 Å². The molecular formula is C21H32N6O. The number of aromatic nitrogens is 4. The molecule has 0 unspecified atom stereocenters. The van der Waals surface area contributed by atoms with Gasteiger partial charge < -0.3 is 4.90 Å². The van der Waals surface area contributed by atoms with Crippen LogP contribution in [0.3, 0.4) is 0 Å². The number of carbonyl (C=O) groups excluding carboxylic acids is 1. The van der Waals surface area contributed by atoms with Crippen LogP contribution >= 0.6 is 0 Å². The summed E-state index contributed by atoms with van der Waals surface area (Å²) < 4.78 is 0. The molecule has 7 heteroatoms. The van der Waals surface area contributed by atoms with Crippen molar-refractivity contribution < 1.29 is 4.79 Å². The van der Waals surface area contributed by atoms with Crippen molar-refractivity contribution in [3.63, 3.8) is 0 Å². The summed E-state index contributed by atoms with van der Waals surface area (Å²) in [6.07, 6.45) is 10.2. The average molecular weight is 385 g/mol. The second-order valence-corrected chi connectivity index (χ2v) is 8.77. The molecule has 0 aliphatic carbocycles. The van der Waals surface area contributed by atoms with Crippen LogP contribution in [0.5, 0.6) is 0 Å². The van der Waals surface area contributed by atoms with Gasteiger partial charge in [0, 0.05) is 67.2 Å². The van der Waals surface area contributed by atoms with E-state index < -0.39 is 0 Å². The highest BCUT2D eigenvalue weighted by molar-refractivity contribution is 5.73. The number of H-pyrrole nitrogens is 1. The van der Waals surface area contributed by atoms with E-state index in [0.717, 1.165) is 44.5 Å². The van der Waals surface area contributed by atoms with Crippen LogP contribution < -0.4 is 0 Å². The van der Waals surface area contributed by atoms with E-state index in [1.54, 1.807) is 19.3 Å². The van der Waals surface area contributed by atoms with Crippen molar-refractivity contribution >= 4 is 5.91 Å². The lowest BCUT2D eigenvalue weighted by Crippen LogP contribution is -2.39. The van der Waals surface area contributed by atoms with E-state index >= 15 is 0 Å². The van der Waals surface area contributed by atoms with Crippen LogP contribution in [-0.2, 0) is 23.3 Å². The minimum absolute atomic E-state index is 0.0589. The highest BCUT2D eigenvalue weighted by Gasteiger charge is 2.26. The number of aromatic amines is 1. The second kappa shape index (κ2) is 8.82. The molecule has 0 saturated carbocycles. The molecular weight excluding hydrogens is 352 g/mol. The van der Waals surface area contributed by atoms with E-state index in [9.17, 15) is 4.79 Å². The molecule has 1 saturated heterocycles. The molecule has 28 heavy (non-hydrogen) atoms. The fraction of sp³-hybridized carbons (Fsp3) is 0.619. The van der Waals surface area contributed by atoms with Gasteiger partial charge in [-0.05, 0) is 25.8 Å². The van der Waals surface area contributed by atoms with Crippen molar-refractivity contribution in [1.82, 2.24) is 30.0 Å². The van der Waals surface area contributed by atoms with Crippen molar-refractivity contribution in [3.8, 4) is 0 Å². The number of nitrogens with one attached hydrogen (secondary N) is 1. The fourth-order valence-corrected chi connectivity index (χ4v) is 4.04. The summed E-state index contributed by atoms with van der Waals surface area (Å²) >= 11 is 0. The Labute approximate surface area is 167 Å². The molecule has 2 aromatic rings. The van der Waals surface area contributed by atoms with Crippen LogP contribution in [0, 0.1) is 0 Å². The zero-order chi connectivity index (χ0) is 20.1. The van der Waals surface area contributed by atoms with Crippen LogP contribution in [-0.4, -0.2) is 55.0 Å². The van der Waals surface area contributed by atoms with Gasteiger partial charge in [-0.15, -0.1) is 0 Å². The molecule has 1 fully saturated rings. The lowest BCUT2D eigenvalue weighted by molar-refractivity contribution is -0.132. The Morgan fingerprint density at radius 3 is 2.64 bits per heavy atom. The molecule has 3 rings (SSSR count). The van der Waals surface area contributed by atoms with Crippen molar-refractivity contribution in [2.24, 2.45) is 0 Å². The molecule has 0 spiro atoms. The maximum Gasteiger partial charge on any atom is 0.219 e. The molecule has 0 radical (unpaired) electrons. The van der Waals surface area contributed by atoms with Crippen LogP contribution in [0.1, 0.15) is 63.8 Å². The number of likely N-dealkylation sites (tertiary alicyclic amines) is 1. The van der Waals surface area contributed by atoms with Gasteiger partial charge in [0.15, 0.2) is 0 Å². The van der Waals surface area contributed by atoms with E-state index in [-0.39, 0.29) is 17.4 Å². The summed E-state index contributed by atoms with van der Waals surface area (Å²) in [6.45, 7) is 11.8.